The molecule has 0 fully saturated rings. The van der Waals surface area contributed by atoms with Gasteiger partial charge in [0.25, 0.3) is 10.0 Å². The molecule has 2 aromatic heterocycles. The lowest BCUT2D eigenvalue weighted by Gasteiger charge is -2.25. The lowest BCUT2D eigenvalue weighted by atomic mass is 10.0. The Morgan fingerprint density at radius 1 is 1.17 bits per heavy atom. The van der Waals surface area contributed by atoms with Crippen molar-refractivity contribution in [3.8, 4) is 0 Å². The number of nitrogens with zero attached hydrogens (tertiary/aromatic N) is 2. The molecule has 0 bridgehead atoms. The van der Waals surface area contributed by atoms with Crippen molar-refractivity contribution in [2.24, 2.45) is 0 Å². The summed E-state index contributed by atoms with van der Waals surface area (Å²) in [7, 11) is -4.32. The van der Waals surface area contributed by atoms with E-state index in [1.54, 1.807) is 30.6 Å². The van der Waals surface area contributed by atoms with Crippen molar-refractivity contribution in [1.29, 1.82) is 0 Å². The molecule has 0 amide bonds. The molecule has 0 spiro atoms. The van der Waals surface area contributed by atoms with Crippen molar-refractivity contribution in [2.75, 3.05) is 37.7 Å². The van der Waals surface area contributed by atoms with Crippen molar-refractivity contribution >= 4 is 46.9 Å². The number of benzene rings is 1. The predicted molar refractivity (Wildman–Crippen MR) is 131 cm³/mol. The SMILES string of the molecule is Cc1ccc(S(=O)(=O)n2cc(C(C)COCCS(C)(C)C)c3cnc(Br)cc32)cc1. The Labute approximate surface area is 189 Å². The lowest BCUT2D eigenvalue weighted by Crippen LogP contribution is -2.12. The van der Waals surface area contributed by atoms with Crippen molar-refractivity contribution in [3.05, 3.63) is 58.5 Å². The van der Waals surface area contributed by atoms with Gasteiger partial charge in [-0.15, -0.1) is 0 Å². The van der Waals surface area contributed by atoms with Crippen LogP contribution in [0.5, 0.6) is 0 Å². The van der Waals surface area contributed by atoms with Crippen LogP contribution < -0.4 is 0 Å². The number of hydrogen-bond donors (Lipinski definition) is 0. The monoisotopic (exact) mass is 512 g/mol. The quantitative estimate of drug-likeness (QED) is 0.309. The maximum Gasteiger partial charge on any atom is 0.268 e. The van der Waals surface area contributed by atoms with E-state index in [2.05, 4.69) is 46.6 Å². The molecule has 0 aliphatic heterocycles. The fourth-order valence-electron chi connectivity index (χ4n) is 3.16. The van der Waals surface area contributed by atoms with Crippen molar-refractivity contribution in [1.82, 2.24) is 8.96 Å². The fourth-order valence-corrected chi connectivity index (χ4v) is 5.47. The summed E-state index contributed by atoms with van der Waals surface area (Å²) in [6.07, 6.45) is 10.3. The molecule has 0 N–H and O–H groups in total. The maximum absolute atomic E-state index is 13.4. The van der Waals surface area contributed by atoms with E-state index in [4.69, 9.17) is 4.74 Å². The third-order valence-electron chi connectivity index (χ3n) is 4.97. The van der Waals surface area contributed by atoms with Crippen LogP contribution in [-0.2, 0) is 14.8 Å². The first-order chi connectivity index (χ1) is 14.0. The summed E-state index contributed by atoms with van der Waals surface area (Å²) < 4.78 is 34.6. The van der Waals surface area contributed by atoms with E-state index in [0.717, 1.165) is 22.3 Å². The average molecular weight is 514 g/mol. The summed E-state index contributed by atoms with van der Waals surface area (Å²) in [6, 6.07) is 8.66. The van der Waals surface area contributed by atoms with E-state index in [1.807, 2.05) is 19.1 Å². The predicted octanol–water partition coefficient (Wildman–Crippen LogP) is 5.16. The zero-order valence-electron chi connectivity index (χ0n) is 18.1. The number of aromatic nitrogens is 2. The van der Waals surface area contributed by atoms with Crippen LogP contribution in [0.15, 0.2) is 52.2 Å². The zero-order chi connectivity index (χ0) is 22.1. The third-order valence-corrected chi connectivity index (χ3v) is 8.48. The number of fused-ring (bicyclic) bond motifs is 1. The van der Waals surface area contributed by atoms with E-state index in [0.29, 0.717) is 23.3 Å². The topological polar surface area (TPSA) is 61.2 Å². The van der Waals surface area contributed by atoms with Gasteiger partial charge in [-0.3, -0.25) is 0 Å². The Morgan fingerprint density at radius 2 is 1.83 bits per heavy atom. The molecule has 0 saturated carbocycles. The van der Waals surface area contributed by atoms with Crippen LogP contribution in [0.3, 0.4) is 0 Å². The van der Waals surface area contributed by atoms with Crippen molar-refractivity contribution in [3.63, 3.8) is 0 Å². The summed E-state index contributed by atoms with van der Waals surface area (Å²) in [5.74, 6) is 1.09. The Morgan fingerprint density at radius 3 is 2.47 bits per heavy atom. The minimum Gasteiger partial charge on any atom is -0.380 e. The molecule has 1 aromatic carbocycles. The minimum absolute atomic E-state index is 0.0416. The van der Waals surface area contributed by atoms with Gasteiger partial charge in [-0.1, -0.05) is 24.6 Å². The molecule has 3 aromatic rings. The lowest BCUT2D eigenvalue weighted by molar-refractivity contribution is 0.138. The molecule has 3 rings (SSSR count). The van der Waals surface area contributed by atoms with Crippen molar-refractivity contribution < 1.29 is 13.2 Å². The Kier molecular flexibility index (Phi) is 7.01. The van der Waals surface area contributed by atoms with Gasteiger partial charge in [0.1, 0.15) is 4.60 Å². The summed E-state index contributed by atoms with van der Waals surface area (Å²) in [5, 5.41) is 0.825. The third kappa shape index (κ3) is 5.28. The van der Waals surface area contributed by atoms with Crippen molar-refractivity contribution in [2.45, 2.75) is 24.7 Å². The van der Waals surface area contributed by atoms with Crippen LogP contribution in [0.4, 0.5) is 0 Å². The van der Waals surface area contributed by atoms with Gasteiger partial charge >= 0.3 is 0 Å². The highest BCUT2D eigenvalue weighted by Crippen LogP contribution is 2.34. The summed E-state index contributed by atoms with van der Waals surface area (Å²) in [4.78, 5) is 4.60. The van der Waals surface area contributed by atoms with E-state index in [1.165, 1.54) is 3.97 Å². The summed E-state index contributed by atoms with van der Waals surface area (Å²) >= 11 is 3.37. The zero-order valence-corrected chi connectivity index (χ0v) is 21.3. The molecule has 2 heterocycles. The van der Waals surface area contributed by atoms with Gasteiger partial charge in [-0.2, -0.15) is 0 Å². The van der Waals surface area contributed by atoms with Crippen LogP contribution in [-0.4, -0.2) is 55.1 Å². The standard InChI is InChI=1S/C22H29BrN2O3S2/c1-16-6-8-18(9-7-16)30(26,27)25-14-20(19-13-24-22(23)12-21(19)25)17(2)15-28-10-11-29(3,4)5/h6-9,12-14,17H,10-11,15H2,1-5H3. The highest BCUT2D eigenvalue weighted by Gasteiger charge is 2.24. The van der Waals surface area contributed by atoms with Gasteiger partial charge in [0.05, 0.1) is 23.6 Å². The smallest absolute Gasteiger partial charge is 0.268 e. The maximum atomic E-state index is 13.4. The highest BCUT2D eigenvalue weighted by atomic mass is 79.9. The molecule has 0 radical (unpaired) electrons. The fraction of sp³-hybridized carbons (Fsp3) is 0.409. The minimum atomic E-state index is -3.73. The first kappa shape index (κ1) is 23.3. The van der Waals surface area contributed by atoms with Crippen LogP contribution in [0, 0.1) is 6.92 Å². The normalized spacial score (nSPS) is 14.2. The van der Waals surface area contributed by atoms with Crippen LogP contribution in [0.1, 0.15) is 24.0 Å². The molecule has 0 aliphatic rings. The molecular weight excluding hydrogens is 484 g/mol. The Hall–Kier alpha value is -1.35. The second-order valence-electron chi connectivity index (χ2n) is 8.49. The number of halogens is 1. The van der Waals surface area contributed by atoms with Crippen LogP contribution >= 0.6 is 26.0 Å². The number of ether oxygens (including phenoxy) is 1. The largest absolute Gasteiger partial charge is 0.380 e. The summed E-state index contributed by atoms with van der Waals surface area (Å²) in [6.45, 7) is 5.25. The molecule has 0 saturated heterocycles. The molecular formula is C22H29BrN2O3S2. The highest BCUT2D eigenvalue weighted by molar-refractivity contribution is 9.10. The Balaban J connectivity index is 1.97. The van der Waals surface area contributed by atoms with Gasteiger partial charge in [-0.25, -0.2) is 27.4 Å². The van der Waals surface area contributed by atoms with E-state index >= 15 is 0 Å². The van der Waals surface area contributed by atoms with Crippen LogP contribution in [0.25, 0.3) is 10.9 Å². The van der Waals surface area contributed by atoms with Crippen LogP contribution in [0.2, 0.25) is 0 Å². The van der Waals surface area contributed by atoms with E-state index in [9.17, 15) is 8.42 Å². The number of rotatable bonds is 8. The Bertz CT molecular complexity index is 1130. The van der Waals surface area contributed by atoms with E-state index < -0.39 is 20.1 Å². The molecule has 1 atom stereocenters. The van der Waals surface area contributed by atoms with Gasteiger partial charge < -0.3 is 4.74 Å². The second kappa shape index (κ2) is 9.02. The molecule has 30 heavy (non-hydrogen) atoms. The van der Waals surface area contributed by atoms with Gasteiger partial charge in [0.2, 0.25) is 0 Å². The average Bonchev–Trinajstić information content (AvgIpc) is 3.04. The molecule has 164 valence electrons. The molecule has 1 unspecified atom stereocenters. The summed E-state index contributed by atoms with van der Waals surface area (Å²) in [5.41, 5.74) is 2.55. The number of aryl methyl sites for hydroxylation is 1. The van der Waals surface area contributed by atoms with Gasteiger partial charge in [0.15, 0.2) is 0 Å². The van der Waals surface area contributed by atoms with E-state index in [-0.39, 0.29) is 10.8 Å². The number of pyridine rings is 1. The second-order valence-corrected chi connectivity index (χ2v) is 15.7. The number of hydrogen-bond acceptors (Lipinski definition) is 4. The first-order valence-electron chi connectivity index (χ1n) is 9.71. The molecule has 5 nitrogen and oxygen atoms in total. The molecule has 0 aliphatic carbocycles. The molecule has 8 heteroatoms. The van der Waals surface area contributed by atoms with Gasteiger partial charge in [0, 0.05) is 29.5 Å². The van der Waals surface area contributed by atoms with Gasteiger partial charge in [-0.05, 0) is 65.4 Å². The first-order valence-corrected chi connectivity index (χ1v) is 15.0.